The summed E-state index contributed by atoms with van der Waals surface area (Å²) < 4.78 is 33.6. The molecule has 1 unspecified atom stereocenters. The van der Waals surface area contributed by atoms with E-state index in [1.54, 1.807) is 0 Å². The molecule has 3 rings (SSSR count). The summed E-state index contributed by atoms with van der Waals surface area (Å²) in [6, 6.07) is 3.25. The maximum Gasteiger partial charge on any atom is 0.131 e. The highest BCUT2D eigenvalue weighted by molar-refractivity contribution is 5.23. The monoisotopic (exact) mass is 311 g/mol. The molecule has 22 heavy (non-hydrogen) atoms. The zero-order valence-electron chi connectivity index (χ0n) is 12.7. The van der Waals surface area contributed by atoms with Gasteiger partial charge in [0.05, 0.1) is 18.2 Å². The van der Waals surface area contributed by atoms with Gasteiger partial charge in [-0.25, -0.2) is 8.78 Å². The molecule has 1 spiro atoms. The molecule has 0 amide bonds. The molecule has 1 aliphatic carbocycles. The molecule has 2 fully saturated rings. The number of hydrogen-bond donors (Lipinski definition) is 2. The van der Waals surface area contributed by atoms with Crippen molar-refractivity contribution < 1.29 is 18.6 Å². The van der Waals surface area contributed by atoms with Crippen LogP contribution in [0, 0.1) is 11.6 Å². The van der Waals surface area contributed by atoms with E-state index in [1.807, 2.05) is 0 Å². The number of aliphatic hydroxyl groups excluding tert-OH is 1. The summed E-state index contributed by atoms with van der Waals surface area (Å²) in [6.45, 7) is 0.522. The lowest BCUT2D eigenvalue weighted by Gasteiger charge is -2.38. The predicted molar refractivity (Wildman–Crippen MR) is 79.5 cm³/mol. The molecule has 1 atom stereocenters. The van der Waals surface area contributed by atoms with Gasteiger partial charge in [-0.2, -0.15) is 0 Å². The highest BCUT2D eigenvalue weighted by Gasteiger charge is 2.39. The summed E-state index contributed by atoms with van der Waals surface area (Å²) in [5.74, 6) is -1.23. The van der Waals surface area contributed by atoms with Gasteiger partial charge in [0.1, 0.15) is 11.6 Å². The first-order valence-electron chi connectivity index (χ1n) is 8.08. The minimum atomic E-state index is -0.704. The SMILES string of the molecule is OCC(NC1CCC2(CCCO2)CC1)c1c(F)cccc1F. The van der Waals surface area contributed by atoms with E-state index < -0.39 is 17.7 Å². The second kappa shape index (κ2) is 6.60. The van der Waals surface area contributed by atoms with Crippen molar-refractivity contribution in [2.24, 2.45) is 0 Å². The fraction of sp³-hybridized carbons (Fsp3) is 0.647. The van der Waals surface area contributed by atoms with Crippen LogP contribution >= 0.6 is 0 Å². The molecule has 1 aromatic rings. The molecular weight excluding hydrogens is 288 g/mol. The summed E-state index contributed by atoms with van der Waals surface area (Å²) in [4.78, 5) is 0. The fourth-order valence-corrected chi connectivity index (χ4v) is 3.82. The number of ether oxygens (including phenoxy) is 1. The quantitative estimate of drug-likeness (QED) is 0.898. The second-order valence-corrected chi connectivity index (χ2v) is 6.45. The molecule has 2 N–H and O–H groups in total. The van der Waals surface area contributed by atoms with E-state index >= 15 is 0 Å². The maximum atomic E-state index is 13.9. The van der Waals surface area contributed by atoms with Crippen molar-refractivity contribution in [2.75, 3.05) is 13.2 Å². The molecule has 0 aromatic heterocycles. The van der Waals surface area contributed by atoms with Crippen molar-refractivity contribution in [1.82, 2.24) is 5.32 Å². The highest BCUT2D eigenvalue weighted by atomic mass is 19.1. The summed E-state index contributed by atoms with van der Waals surface area (Å²) >= 11 is 0. The zero-order valence-corrected chi connectivity index (χ0v) is 12.7. The topological polar surface area (TPSA) is 41.5 Å². The summed E-state index contributed by atoms with van der Waals surface area (Å²) in [5.41, 5.74) is -0.0294. The largest absolute Gasteiger partial charge is 0.394 e. The zero-order chi connectivity index (χ0) is 15.6. The van der Waals surface area contributed by atoms with Crippen LogP contribution in [-0.4, -0.2) is 30.0 Å². The van der Waals surface area contributed by atoms with Crippen molar-refractivity contribution in [3.63, 3.8) is 0 Å². The molecule has 0 bridgehead atoms. The van der Waals surface area contributed by atoms with Crippen LogP contribution in [0.2, 0.25) is 0 Å². The summed E-state index contributed by atoms with van der Waals surface area (Å²) in [7, 11) is 0. The Labute approximate surface area is 129 Å². The van der Waals surface area contributed by atoms with Gasteiger partial charge in [-0.15, -0.1) is 0 Å². The Morgan fingerprint density at radius 2 is 1.91 bits per heavy atom. The average molecular weight is 311 g/mol. The number of nitrogens with one attached hydrogen (secondary N) is 1. The third kappa shape index (κ3) is 3.16. The van der Waals surface area contributed by atoms with Crippen molar-refractivity contribution in [1.29, 1.82) is 0 Å². The first kappa shape index (κ1) is 15.8. The van der Waals surface area contributed by atoms with E-state index in [1.165, 1.54) is 18.2 Å². The number of rotatable bonds is 4. The summed E-state index contributed by atoms with van der Waals surface area (Å²) in [5, 5.41) is 12.8. The lowest BCUT2D eigenvalue weighted by Crippen LogP contribution is -2.43. The van der Waals surface area contributed by atoms with Gasteiger partial charge in [0, 0.05) is 18.2 Å². The number of benzene rings is 1. The molecule has 122 valence electrons. The van der Waals surface area contributed by atoms with Crippen LogP contribution < -0.4 is 5.32 Å². The fourth-order valence-electron chi connectivity index (χ4n) is 3.82. The van der Waals surface area contributed by atoms with Gasteiger partial charge in [-0.1, -0.05) is 6.07 Å². The van der Waals surface area contributed by atoms with E-state index in [-0.39, 0.29) is 23.8 Å². The first-order chi connectivity index (χ1) is 10.6. The average Bonchev–Trinajstić information content (AvgIpc) is 2.96. The Bertz CT molecular complexity index is 487. The molecule has 0 radical (unpaired) electrons. The van der Waals surface area contributed by atoms with E-state index in [0.29, 0.717) is 0 Å². The number of aliphatic hydroxyl groups is 1. The van der Waals surface area contributed by atoms with Gasteiger partial charge in [-0.3, -0.25) is 0 Å². The molecule has 1 heterocycles. The van der Waals surface area contributed by atoms with Gasteiger partial charge in [0.15, 0.2) is 0 Å². The summed E-state index contributed by atoms with van der Waals surface area (Å²) in [6.07, 6.45) is 6.01. The Hall–Kier alpha value is -1.04. The molecular formula is C17H23F2NO2. The van der Waals surface area contributed by atoms with Crippen LogP contribution in [0.1, 0.15) is 50.1 Å². The van der Waals surface area contributed by atoms with Gasteiger partial charge in [-0.05, 0) is 50.7 Å². The van der Waals surface area contributed by atoms with Gasteiger partial charge < -0.3 is 15.2 Å². The minimum absolute atomic E-state index is 0.0378. The Balaban J connectivity index is 1.64. The van der Waals surface area contributed by atoms with Gasteiger partial charge in [0.2, 0.25) is 0 Å². The lowest BCUT2D eigenvalue weighted by atomic mass is 9.80. The number of hydrogen-bond acceptors (Lipinski definition) is 3. The van der Waals surface area contributed by atoms with Gasteiger partial charge in [0.25, 0.3) is 0 Å². The molecule has 1 aromatic carbocycles. The normalized spacial score (nSPS) is 29.9. The highest BCUT2D eigenvalue weighted by Crippen LogP contribution is 2.39. The molecule has 5 heteroatoms. The van der Waals surface area contributed by atoms with E-state index in [9.17, 15) is 13.9 Å². The molecule has 1 saturated carbocycles. The standard InChI is InChI=1S/C17H23F2NO2/c18-13-3-1-4-14(19)16(13)15(11-21)20-12-5-8-17(9-6-12)7-2-10-22-17/h1,3-4,12,15,20-21H,2,5-11H2. The first-order valence-corrected chi connectivity index (χ1v) is 8.08. The van der Waals surface area contributed by atoms with E-state index in [4.69, 9.17) is 4.74 Å². The van der Waals surface area contributed by atoms with Gasteiger partial charge >= 0.3 is 0 Å². The Morgan fingerprint density at radius 1 is 1.23 bits per heavy atom. The third-order valence-electron chi connectivity index (χ3n) is 5.05. The second-order valence-electron chi connectivity index (χ2n) is 6.45. The lowest BCUT2D eigenvalue weighted by molar-refractivity contribution is -0.0313. The predicted octanol–water partition coefficient (Wildman–Crippen LogP) is 3.08. The van der Waals surface area contributed by atoms with Crippen LogP contribution in [-0.2, 0) is 4.74 Å². The van der Waals surface area contributed by atoms with Crippen molar-refractivity contribution in [3.8, 4) is 0 Å². The Morgan fingerprint density at radius 3 is 2.45 bits per heavy atom. The van der Waals surface area contributed by atoms with Crippen LogP contribution in [0.3, 0.4) is 0 Å². The van der Waals surface area contributed by atoms with Crippen LogP contribution in [0.5, 0.6) is 0 Å². The minimum Gasteiger partial charge on any atom is -0.394 e. The van der Waals surface area contributed by atoms with E-state index in [2.05, 4.69) is 5.32 Å². The van der Waals surface area contributed by atoms with Crippen LogP contribution in [0.15, 0.2) is 18.2 Å². The smallest absolute Gasteiger partial charge is 0.131 e. The van der Waals surface area contributed by atoms with Crippen LogP contribution in [0.4, 0.5) is 8.78 Å². The molecule has 1 saturated heterocycles. The maximum absolute atomic E-state index is 13.9. The molecule has 2 aliphatic rings. The molecule has 3 nitrogen and oxygen atoms in total. The van der Waals surface area contributed by atoms with Crippen molar-refractivity contribution >= 4 is 0 Å². The van der Waals surface area contributed by atoms with E-state index in [0.717, 1.165) is 45.1 Å². The van der Waals surface area contributed by atoms with Crippen molar-refractivity contribution in [3.05, 3.63) is 35.4 Å². The van der Waals surface area contributed by atoms with Crippen molar-refractivity contribution in [2.45, 2.75) is 56.2 Å². The molecule has 1 aliphatic heterocycles. The van der Waals surface area contributed by atoms with Crippen LogP contribution in [0.25, 0.3) is 0 Å². The third-order valence-corrected chi connectivity index (χ3v) is 5.05. The Kier molecular flexibility index (Phi) is 4.76. The number of halogens is 2.